The second-order valence-corrected chi connectivity index (χ2v) is 6.72. The molecule has 0 atom stereocenters. The molecule has 3 rings (SSSR count). The maximum atomic E-state index is 12.3. The maximum Gasteiger partial charge on any atom is 0.329 e. The molecule has 0 saturated heterocycles. The smallest absolute Gasteiger partial charge is 0.299 e. The number of hydrazone groups is 1. The third-order valence-electron chi connectivity index (χ3n) is 4.02. The van der Waals surface area contributed by atoms with E-state index in [1.165, 1.54) is 4.57 Å². The molecule has 0 unspecified atom stereocenters. The van der Waals surface area contributed by atoms with Gasteiger partial charge in [0.1, 0.15) is 0 Å². The van der Waals surface area contributed by atoms with Crippen LogP contribution in [-0.4, -0.2) is 24.8 Å². The van der Waals surface area contributed by atoms with Crippen LogP contribution in [0.25, 0.3) is 11.2 Å². The lowest BCUT2D eigenvalue weighted by Crippen LogP contribution is -2.29. The predicted molar refractivity (Wildman–Crippen MR) is 108 cm³/mol. The van der Waals surface area contributed by atoms with Gasteiger partial charge in [-0.2, -0.15) is 10.1 Å². The Morgan fingerprint density at radius 2 is 1.96 bits per heavy atom. The van der Waals surface area contributed by atoms with Gasteiger partial charge in [-0.3, -0.25) is 18.9 Å². The van der Waals surface area contributed by atoms with Crippen molar-refractivity contribution in [1.29, 1.82) is 0 Å². The van der Waals surface area contributed by atoms with Gasteiger partial charge in [-0.15, -0.1) is 0 Å². The second kappa shape index (κ2) is 7.24. The van der Waals surface area contributed by atoms with Crippen LogP contribution in [0, 0.1) is 0 Å². The maximum absolute atomic E-state index is 12.3. The van der Waals surface area contributed by atoms with E-state index >= 15 is 0 Å². The predicted octanol–water partition coefficient (Wildman–Crippen LogP) is 2.49. The van der Waals surface area contributed by atoms with Crippen molar-refractivity contribution in [3.05, 3.63) is 67.8 Å². The van der Waals surface area contributed by atoms with Gasteiger partial charge >= 0.3 is 5.69 Å². The highest BCUT2D eigenvalue weighted by molar-refractivity contribution is 6.30. The number of aromatic amines is 1. The van der Waals surface area contributed by atoms with E-state index < -0.39 is 11.2 Å². The summed E-state index contributed by atoms with van der Waals surface area (Å²) in [5.41, 5.74) is 4.83. The van der Waals surface area contributed by atoms with Gasteiger partial charge in [-0.05, 0) is 31.5 Å². The monoisotopic (exact) mass is 386 g/mol. The minimum Gasteiger partial charge on any atom is -0.299 e. The summed E-state index contributed by atoms with van der Waals surface area (Å²) in [5, 5.41) is 4.99. The first-order chi connectivity index (χ1) is 12.8. The van der Waals surface area contributed by atoms with E-state index in [0.29, 0.717) is 23.2 Å². The van der Waals surface area contributed by atoms with E-state index in [0.717, 1.165) is 11.1 Å². The number of imidazole rings is 1. The van der Waals surface area contributed by atoms with E-state index in [4.69, 9.17) is 11.6 Å². The molecule has 8 nitrogen and oxygen atoms in total. The van der Waals surface area contributed by atoms with Crippen LogP contribution in [0.2, 0.25) is 5.02 Å². The molecule has 0 bridgehead atoms. The lowest BCUT2D eigenvalue weighted by Gasteiger charge is -2.08. The lowest BCUT2D eigenvalue weighted by molar-refractivity contribution is 0.799. The average Bonchev–Trinajstić information content (AvgIpc) is 2.96. The fourth-order valence-corrected chi connectivity index (χ4v) is 2.76. The summed E-state index contributed by atoms with van der Waals surface area (Å²) in [6, 6.07) is 7.27. The Kier molecular flexibility index (Phi) is 5.00. The summed E-state index contributed by atoms with van der Waals surface area (Å²) in [6.45, 7) is 7.93. The van der Waals surface area contributed by atoms with Crippen molar-refractivity contribution >= 4 is 34.4 Å². The molecule has 2 N–H and O–H groups in total. The highest BCUT2D eigenvalue weighted by Crippen LogP contribution is 2.17. The number of nitrogens with one attached hydrogen (secondary N) is 2. The molecular weight excluding hydrogens is 368 g/mol. The third kappa shape index (κ3) is 3.70. The van der Waals surface area contributed by atoms with Crippen LogP contribution >= 0.6 is 11.6 Å². The number of hydrogen-bond acceptors (Lipinski definition) is 5. The van der Waals surface area contributed by atoms with Crippen LogP contribution < -0.4 is 16.7 Å². The van der Waals surface area contributed by atoms with Gasteiger partial charge < -0.3 is 0 Å². The highest BCUT2D eigenvalue weighted by Gasteiger charge is 2.17. The van der Waals surface area contributed by atoms with E-state index in [9.17, 15) is 9.59 Å². The van der Waals surface area contributed by atoms with Crippen LogP contribution in [0.1, 0.15) is 19.4 Å². The molecule has 3 aromatic rings. The number of aromatic nitrogens is 4. The summed E-state index contributed by atoms with van der Waals surface area (Å²) in [5.74, 6) is 0.341. The van der Waals surface area contributed by atoms with Crippen molar-refractivity contribution in [3.63, 3.8) is 0 Å². The molecule has 0 saturated carbocycles. The number of fused-ring (bicyclic) bond motifs is 1. The van der Waals surface area contributed by atoms with Crippen LogP contribution in [0.5, 0.6) is 0 Å². The van der Waals surface area contributed by atoms with Crippen LogP contribution in [0.15, 0.2) is 51.1 Å². The van der Waals surface area contributed by atoms with Gasteiger partial charge in [-0.1, -0.05) is 35.9 Å². The van der Waals surface area contributed by atoms with Gasteiger partial charge in [-0.25, -0.2) is 10.2 Å². The highest BCUT2D eigenvalue weighted by atomic mass is 35.5. The normalized spacial score (nSPS) is 11.8. The average molecular weight is 387 g/mol. The quantitative estimate of drug-likeness (QED) is 0.400. The number of anilines is 1. The minimum absolute atomic E-state index is 0.270. The van der Waals surface area contributed by atoms with Crippen LogP contribution in [0.3, 0.4) is 0 Å². The topological polar surface area (TPSA) is 97.1 Å². The Labute approximate surface area is 159 Å². The molecule has 140 valence electrons. The SMILES string of the molecule is C=C(C)Cn1c(NN=C(C)c2ccc(Cl)cc2)nc2c1c(=O)[nH]c(=O)n2C. The molecule has 0 radical (unpaired) electrons. The molecule has 0 aliphatic rings. The molecular formula is C18H19ClN6O2. The van der Waals surface area contributed by atoms with E-state index in [-0.39, 0.29) is 11.2 Å². The molecule has 0 fully saturated rings. The Morgan fingerprint density at radius 1 is 1.30 bits per heavy atom. The Balaban J connectivity index is 2.09. The van der Waals surface area contributed by atoms with Gasteiger partial charge in [0.05, 0.1) is 5.71 Å². The van der Waals surface area contributed by atoms with Crippen LogP contribution in [0.4, 0.5) is 5.95 Å². The zero-order chi connectivity index (χ0) is 19.7. The number of benzene rings is 1. The number of halogens is 1. The lowest BCUT2D eigenvalue weighted by atomic mass is 10.1. The molecule has 27 heavy (non-hydrogen) atoms. The molecule has 2 heterocycles. The number of H-pyrrole nitrogens is 1. The zero-order valence-electron chi connectivity index (χ0n) is 15.2. The standard InChI is InChI=1S/C18H19ClN6O2/c1-10(2)9-25-14-15(24(4)18(27)21-16(14)26)20-17(25)23-22-11(3)12-5-7-13(19)8-6-12/h5-8H,1,9H2,2-4H3,(H,20,23)(H,21,26,27). The molecule has 0 amide bonds. The summed E-state index contributed by atoms with van der Waals surface area (Å²) >= 11 is 5.91. The van der Waals surface area contributed by atoms with E-state index in [2.05, 4.69) is 27.1 Å². The Hall–Kier alpha value is -3.13. The number of nitrogens with zero attached hydrogens (tertiary/aromatic N) is 4. The van der Waals surface area contributed by atoms with Crippen molar-refractivity contribution < 1.29 is 0 Å². The summed E-state index contributed by atoms with van der Waals surface area (Å²) < 4.78 is 2.93. The molecule has 2 aromatic heterocycles. The molecule has 9 heteroatoms. The molecule has 0 aliphatic carbocycles. The molecule has 0 spiro atoms. The van der Waals surface area contributed by atoms with Gasteiger partial charge in [0.2, 0.25) is 5.95 Å². The first-order valence-electron chi connectivity index (χ1n) is 8.18. The fraction of sp³-hybridized carbons (Fsp3) is 0.222. The zero-order valence-corrected chi connectivity index (χ0v) is 16.0. The van der Waals surface area contributed by atoms with E-state index in [1.807, 2.05) is 26.0 Å². The third-order valence-corrected chi connectivity index (χ3v) is 4.27. The first kappa shape index (κ1) is 18.7. The summed E-state index contributed by atoms with van der Waals surface area (Å²) in [7, 11) is 1.55. The van der Waals surface area contributed by atoms with Crippen LogP contribution in [-0.2, 0) is 13.6 Å². The minimum atomic E-state index is -0.528. The number of rotatable bonds is 5. The second-order valence-electron chi connectivity index (χ2n) is 6.29. The van der Waals surface area contributed by atoms with E-state index in [1.54, 1.807) is 23.7 Å². The number of allylic oxidation sites excluding steroid dienone is 1. The number of aryl methyl sites for hydroxylation is 1. The van der Waals surface area contributed by atoms with Crippen molar-refractivity contribution in [1.82, 2.24) is 19.1 Å². The number of hydrogen-bond donors (Lipinski definition) is 2. The largest absolute Gasteiger partial charge is 0.329 e. The van der Waals surface area contributed by atoms with Crippen molar-refractivity contribution in [2.24, 2.45) is 12.1 Å². The van der Waals surface area contributed by atoms with Gasteiger partial charge in [0.15, 0.2) is 11.2 Å². The Morgan fingerprint density at radius 3 is 2.59 bits per heavy atom. The Bertz CT molecular complexity index is 1170. The summed E-state index contributed by atoms with van der Waals surface area (Å²) in [6.07, 6.45) is 0. The fourth-order valence-electron chi connectivity index (χ4n) is 2.63. The first-order valence-corrected chi connectivity index (χ1v) is 8.56. The van der Waals surface area contributed by atoms with Crippen molar-refractivity contribution in [3.8, 4) is 0 Å². The van der Waals surface area contributed by atoms with Gasteiger partial charge in [0.25, 0.3) is 5.56 Å². The van der Waals surface area contributed by atoms with Gasteiger partial charge in [0, 0.05) is 18.6 Å². The molecule has 0 aliphatic heterocycles. The van der Waals surface area contributed by atoms with Crippen molar-refractivity contribution in [2.75, 3.05) is 5.43 Å². The molecule has 1 aromatic carbocycles. The summed E-state index contributed by atoms with van der Waals surface area (Å²) in [4.78, 5) is 30.9. The van der Waals surface area contributed by atoms with Crippen molar-refractivity contribution in [2.45, 2.75) is 20.4 Å².